The van der Waals surface area contributed by atoms with Crippen LogP contribution in [0.25, 0.3) is 11.2 Å². The molecular formula is C16H22ClN3. The number of imidazole rings is 1. The molecule has 0 spiro atoms. The van der Waals surface area contributed by atoms with Gasteiger partial charge in [0.15, 0.2) is 5.65 Å². The summed E-state index contributed by atoms with van der Waals surface area (Å²) < 4.78 is 2.31. The van der Waals surface area contributed by atoms with Gasteiger partial charge in [-0.05, 0) is 37.3 Å². The number of pyridine rings is 1. The lowest BCUT2D eigenvalue weighted by molar-refractivity contribution is 0.186. The van der Waals surface area contributed by atoms with Crippen LogP contribution >= 0.6 is 11.6 Å². The molecule has 1 fully saturated rings. The van der Waals surface area contributed by atoms with Crippen LogP contribution in [-0.4, -0.2) is 14.5 Å². The van der Waals surface area contributed by atoms with E-state index in [9.17, 15) is 0 Å². The highest BCUT2D eigenvalue weighted by atomic mass is 35.5. The molecule has 0 N–H and O–H groups in total. The van der Waals surface area contributed by atoms with Crippen LogP contribution in [0.15, 0.2) is 18.3 Å². The van der Waals surface area contributed by atoms with Gasteiger partial charge in [-0.3, -0.25) is 0 Å². The molecule has 0 radical (unpaired) electrons. The summed E-state index contributed by atoms with van der Waals surface area (Å²) in [4.78, 5) is 9.28. The van der Waals surface area contributed by atoms with Crippen molar-refractivity contribution in [2.75, 3.05) is 0 Å². The summed E-state index contributed by atoms with van der Waals surface area (Å²) in [5, 5.41) is -0.0892. The van der Waals surface area contributed by atoms with Crippen molar-refractivity contribution in [3.8, 4) is 0 Å². The van der Waals surface area contributed by atoms with Crippen LogP contribution in [0.3, 0.4) is 0 Å². The predicted molar refractivity (Wildman–Crippen MR) is 83.0 cm³/mol. The molecule has 4 unspecified atom stereocenters. The molecule has 1 saturated carbocycles. The molecule has 0 amide bonds. The zero-order valence-electron chi connectivity index (χ0n) is 12.4. The Morgan fingerprint density at radius 2 is 2.15 bits per heavy atom. The van der Waals surface area contributed by atoms with Gasteiger partial charge in [-0.15, -0.1) is 11.6 Å². The highest BCUT2D eigenvalue weighted by Gasteiger charge is 2.32. The summed E-state index contributed by atoms with van der Waals surface area (Å²) >= 11 is 6.37. The first-order valence-corrected chi connectivity index (χ1v) is 8.00. The smallest absolute Gasteiger partial charge is 0.160 e. The van der Waals surface area contributed by atoms with Crippen molar-refractivity contribution in [3.05, 3.63) is 24.2 Å². The fourth-order valence-corrected chi connectivity index (χ4v) is 3.63. The third-order valence-electron chi connectivity index (χ3n) is 4.83. The molecule has 0 bridgehead atoms. The summed E-state index contributed by atoms with van der Waals surface area (Å²) in [7, 11) is 0. The Hall–Kier alpha value is -1.09. The lowest BCUT2D eigenvalue weighted by Crippen LogP contribution is -2.28. The lowest BCUT2D eigenvalue weighted by atomic mass is 9.78. The van der Waals surface area contributed by atoms with E-state index in [0.29, 0.717) is 12.0 Å². The second-order valence-corrected chi connectivity index (χ2v) is 6.79. The van der Waals surface area contributed by atoms with E-state index in [2.05, 4.69) is 23.4 Å². The lowest BCUT2D eigenvalue weighted by Gasteiger charge is -2.36. The molecule has 3 rings (SSSR count). The fourth-order valence-electron chi connectivity index (χ4n) is 3.47. The maximum Gasteiger partial charge on any atom is 0.160 e. The van der Waals surface area contributed by atoms with E-state index in [-0.39, 0.29) is 5.38 Å². The Labute approximate surface area is 125 Å². The summed E-state index contributed by atoms with van der Waals surface area (Å²) in [6.07, 6.45) is 5.65. The van der Waals surface area contributed by atoms with Crippen LogP contribution in [-0.2, 0) is 0 Å². The molecule has 0 saturated heterocycles. The maximum atomic E-state index is 6.37. The van der Waals surface area contributed by atoms with E-state index in [1.165, 1.54) is 19.3 Å². The second-order valence-electron chi connectivity index (χ2n) is 6.14. The highest BCUT2D eigenvalue weighted by molar-refractivity contribution is 6.20. The first-order valence-electron chi connectivity index (χ1n) is 7.56. The van der Waals surface area contributed by atoms with E-state index in [4.69, 9.17) is 16.6 Å². The SMILES string of the molecule is CC(Cl)c1nc2cccnc2n1C1CCCC(C)C1C. The van der Waals surface area contributed by atoms with E-state index in [1.54, 1.807) is 0 Å². The molecule has 0 aliphatic heterocycles. The summed E-state index contributed by atoms with van der Waals surface area (Å²) in [5.74, 6) is 2.34. The molecule has 2 aromatic heterocycles. The Kier molecular flexibility index (Phi) is 3.72. The molecule has 4 heteroatoms. The number of halogens is 1. The number of nitrogens with zero attached hydrogens (tertiary/aromatic N) is 3. The molecule has 1 aliphatic rings. The van der Waals surface area contributed by atoms with Crippen LogP contribution in [0.2, 0.25) is 0 Å². The maximum absolute atomic E-state index is 6.37. The first-order chi connectivity index (χ1) is 9.59. The van der Waals surface area contributed by atoms with Gasteiger partial charge >= 0.3 is 0 Å². The zero-order chi connectivity index (χ0) is 14.3. The number of alkyl halides is 1. The van der Waals surface area contributed by atoms with Gasteiger partial charge in [-0.25, -0.2) is 9.97 Å². The number of fused-ring (bicyclic) bond motifs is 1. The summed E-state index contributed by atoms with van der Waals surface area (Å²) in [5.41, 5.74) is 1.95. The Morgan fingerprint density at radius 3 is 2.90 bits per heavy atom. The molecule has 108 valence electrons. The van der Waals surface area contributed by atoms with Crippen molar-refractivity contribution >= 4 is 22.8 Å². The minimum absolute atomic E-state index is 0.0892. The van der Waals surface area contributed by atoms with E-state index >= 15 is 0 Å². The van der Waals surface area contributed by atoms with Gasteiger partial charge in [0.25, 0.3) is 0 Å². The minimum Gasteiger partial charge on any atom is -0.308 e. The van der Waals surface area contributed by atoms with E-state index in [1.807, 2.05) is 25.3 Å². The van der Waals surface area contributed by atoms with Crippen molar-refractivity contribution in [1.82, 2.24) is 14.5 Å². The molecule has 0 aromatic carbocycles. The van der Waals surface area contributed by atoms with Crippen molar-refractivity contribution < 1.29 is 0 Å². The molecule has 4 atom stereocenters. The van der Waals surface area contributed by atoms with Crippen molar-refractivity contribution in [2.24, 2.45) is 11.8 Å². The summed E-state index contributed by atoms with van der Waals surface area (Å²) in [6, 6.07) is 4.43. The van der Waals surface area contributed by atoms with Crippen molar-refractivity contribution in [1.29, 1.82) is 0 Å². The van der Waals surface area contributed by atoms with Gasteiger partial charge < -0.3 is 4.57 Å². The zero-order valence-corrected chi connectivity index (χ0v) is 13.1. The van der Waals surface area contributed by atoms with Gasteiger partial charge in [0, 0.05) is 12.2 Å². The third-order valence-corrected chi connectivity index (χ3v) is 5.02. The highest BCUT2D eigenvalue weighted by Crippen LogP contribution is 2.40. The Balaban J connectivity index is 2.15. The summed E-state index contributed by atoms with van der Waals surface area (Å²) in [6.45, 7) is 6.70. The fraction of sp³-hybridized carbons (Fsp3) is 0.625. The van der Waals surface area contributed by atoms with Crippen LogP contribution in [0, 0.1) is 11.8 Å². The Morgan fingerprint density at radius 1 is 1.35 bits per heavy atom. The van der Waals surface area contributed by atoms with Gasteiger partial charge in [0.05, 0.1) is 5.38 Å². The van der Waals surface area contributed by atoms with Gasteiger partial charge in [0.1, 0.15) is 11.3 Å². The average molecular weight is 292 g/mol. The molecule has 20 heavy (non-hydrogen) atoms. The molecule has 2 heterocycles. The number of aromatic nitrogens is 3. The van der Waals surface area contributed by atoms with Gasteiger partial charge in [-0.2, -0.15) is 0 Å². The van der Waals surface area contributed by atoms with Crippen LogP contribution in [0.1, 0.15) is 57.3 Å². The second kappa shape index (κ2) is 5.36. The number of hydrogen-bond acceptors (Lipinski definition) is 2. The quantitative estimate of drug-likeness (QED) is 0.749. The molecular weight excluding hydrogens is 270 g/mol. The van der Waals surface area contributed by atoms with E-state index in [0.717, 1.165) is 22.9 Å². The minimum atomic E-state index is -0.0892. The first kappa shape index (κ1) is 13.9. The monoisotopic (exact) mass is 291 g/mol. The van der Waals surface area contributed by atoms with Crippen LogP contribution in [0.4, 0.5) is 0 Å². The number of hydrogen-bond donors (Lipinski definition) is 0. The van der Waals surface area contributed by atoms with Crippen molar-refractivity contribution in [2.45, 2.75) is 51.5 Å². The molecule has 2 aromatic rings. The number of rotatable bonds is 2. The Bertz CT molecular complexity index is 605. The molecule has 1 aliphatic carbocycles. The van der Waals surface area contributed by atoms with Crippen LogP contribution < -0.4 is 0 Å². The standard InChI is InChI=1S/C16H22ClN3/c1-10-6-4-8-14(11(10)2)20-15(12(3)17)19-13-7-5-9-18-16(13)20/h5,7,9-12,14H,4,6,8H2,1-3H3. The van der Waals surface area contributed by atoms with Crippen LogP contribution in [0.5, 0.6) is 0 Å². The normalized spacial score (nSPS) is 28.7. The van der Waals surface area contributed by atoms with Gasteiger partial charge in [0.2, 0.25) is 0 Å². The third kappa shape index (κ3) is 2.22. The van der Waals surface area contributed by atoms with Gasteiger partial charge in [-0.1, -0.05) is 26.7 Å². The average Bonchev–Trinajstić information content (AvgIpc) is 2.81. The largest absolute Gasteiger partial charge is 0.308 e. The van der Waals surface area contributed by atoms with Crippen molar-refractivity contribution in [3.63, 3.8) is 0 Å². The predicted octanol–water partition coefficient (Wildman–Crippen LogP) is 4.73. The topological polar surface area (TPSA) is 30.7 Å². The van der Waals surface area contributed by atoms with E-state index < -0.39 is 0 Å². The molecule has 3 nitrogen and oxygen atoms in total.